The van der Waals surface area contributed by atoms with Crippen molar-refractivity contribution in [1.29, 1.82) is 0 Å². The Hall–Kier alpha value is -2.17. The average molecular weight is 394 g/mol. The minimum atomic E-state index is -0.104. The zero-order valence-electron chi connectivity index (χ0n) is 17.3. The van der Waals surface area contributed by atoms with Crippen molar-refractivity contribution in [2.75, 3.05) is 0 Å². The van der Waals surface area contributed by atoms with Gasteiger partial charge in [-0.15, -0.1) is 0 Å². The van der Waals surface area contributed by atoms with Crippen LogP contribution in [0.1, 0.15) is 75.2 Å². The molecule has 1 heterocycles. The summed E-state index contributed by atoms with van der Waals surface area (Å²) < 4.78 is 1.51. The summed E-state index contributed by atoms with van der Waals surface area (Å²) in [5.41, 5.74) is 0.258. The lowest BCUT2D eigenvalue weighted by Gasteiger charge is -2.56. The van der Waals surface area contributed by atoms with Gasteiger partial charge in [0.15, 0.2) is 5.69 Å². The van der Waals surface area contributed by atoms with E-state index in [1.807, 2.05) is 24.3 Å². The highest BCUT2D eigenvalue weighted by Gasteiger charge is 2.51. The van der Waals surface area contributed by atoms with Gasteiger partial charge in [0.2, 0.25) is 0 Å². The maximum Gasteiger partial charge on any atom is 0.274 e. The summed E-state index contributed by atoms with van der Waals surface area (Å²) in [5.74, 6) is 2.21. The van der Waals surface area contributed by atoms with Crippen LogP contribution in [-0.4, -0.2) is 21.2 Å². The first-order valence-corrected chi connectivity index (χ1v) is 11.4. The fraction of sp³-hybridized carbons (Fsp3) is 0.625. The van der Waals surface area contributed by atoms with E-state index in [1.165, 1.54) is 23.9 Å². The maximum atomic E-state index is 13.4. The van der Waals surface area contributed by atoms with Crippen LogP contribution in [0.25, 0.3) is 10.8 Å². The molecule has 4 aliphatic carbocycles. The van der Waals surface area contributed by atoms with Crippen molar-refractivity contribution in [3.8, 4) is 0 Å². The Morgan fingerprint density at radius 1 is 1.07 bits per heavy atom. The summed E-state index contributed by atoms with van der Waals surface area (Å²) >= 11 is 0. The number of unbranched alkanes of at least 4 members (excludes halogenated alkanes) is 2. The molecule has 1 aromatic carbocycles. The number of aryl methyl sites for hydroxylation is 1. The fourth-order valence-corrected chi connectivity index (χ4v) is 6.63. The minimum Gasteiger partial charge on any atom is -0.345 e. The van der Waals surface area contributed by atoms with Gasteiger partial charge in [-0.25, -0.2) is 4.68 Å². The van der Waals surface area contributed by atoms with Crippen molar-refractivity contribution in [3.63, 3.8) is 0 Å². The molecule has 1 aromatic heterocycles. The summed E-state index contributed by atoms with van der Waals surface area (Å²) in [7, 11) is 0. The van der Waals surface area contributed by atoms with Crippen LogP contribution in [0.5, 0.6) is 0 Å². The molecule has 0 aliphatic heterocycles. The van der Waals surface area contributed by atoms with Gasteiger partial charge < -0.3 is 5.32 Å². The summed E-state index contributed by atoms with van der Waals surface area (Å²) in [6.45, 7) is 2.70. The predicted molar refractivity (Wildman–Crippen MR) is 114 cm³/mol. The predicted octanol–water partition coefficient (Wildman–Crippen LogP) is 4.29. The number of hydrogen-bond acceptors (Lipinski definition) is 3. The number of nitrogens with zero attached hydrogens (tertiary/aromatic N) is 2. The van der Waals surface area contributed by atoms with E-state index in [1.54, 1.807) is 0 Å². The highest BCUT2D eigenvalue weighted by Crippen LogP contribution is 2.55. The number of rotatable bonds is 6. The SMILES string of the molecule is CCCCCn1nc(C(=O)NC23CC4CC(CC(C4)C2)C3)c2ccccc2c1=O. The van der Waals surface area contributed by atoms with Crippen LogP contribution >= 0.6 is 0 Å². The van der Waals surface area contributed by atoms with E-state index in [-0.39, 0.29) is 17.0 Å². The molecule has 6 rings (SSSR count). The number of fused-ring (bicyclic) bond motifs is 1. The van der Waals surface area contributed by atoms with Crippen LogP contribution in [0.4, 0.5) is 0 Å². The number of hydrogen-bond donors (Lipinski definition) is 1. The Kier molecular flexibility index (Phi) is 4.72. The van der Waals surface area contributed by atoms with Crippen molar-refractivity contribution in [3.05, 3.63) is 40.3 Å². The van der Waals surface area contributed by atoms with Gasteiger partial charge in [0.1, 0.15) is 0 Å². The molecule has 154 valence electrons. The first kappa shape index (κ1) is 18.8. The molecule has 0 unspecified atom stereocenters. The molecule has 4 bridgehead atoms. The molecule has 4 fully saturated rings. The fourth-order valence-electron chi connectivity index (χ4n) is 6.63. The molecule has 29 heavy (non-hydrogen) atoms. The van der Waals surface area contributed by atoms with Gasteiger partial charge >= 0.3 is 0 Å². The Morgan fingerprint density at radius 2 is 1.69 bits per heavy atom. The van der Waals surface area contributed by atoms with Crippen LogP contribution < -0.4 is 10.9 Å². The molecular formula is C24H31N3O2. The van der Waals surface area contributed by atoms with Gasteiger partial charge in [0.05, 0.1) is 5.39 Å². The summed E-state index contributed by atoms with van der Waals surface area (Å²) in [5, 5.41) is 9.26. The lowest BCUT2D eigenvalue weighted by Crippen LogP contribution is -2.60. The van der Waals surface area contributed by atoms with Crippen molar-refractivity contribution in [2.45, 2.75) is 76.8 Å². The van der Waals surface area contributed by atoms with Gasteiger partial charge in [-0.3, -0.25) is 9.59 Å². The topological polar surface area (TPSA) is 64.0 Å². The van der Waals surface area contributed by atoms with Crippen LogP contribution in [0.3, 0.4) is 0 Å². The number of carbonyl (C=O) groups excluding carboxylic acids is 1. The van der Waals surface area contributed by atoms with Gasteiger partial charge in [0.25, 0.3) is 11.5 Å². The molecule has 5 heteroatoms. The Morgan fingerprint density at radius 3 is 2.31 bits per heavy atom. The van der Waals surface area contributed by atoms with Gasteiger partial charge in [-0.05, 0) is 68.8 Å². The second-order valence-corrected chi connectivity index (χ2v) is 9.78. The van der Waals surface area contributed by atoms with E-state index in [0.717, 1.165) is 56.3 Å². The van der Waals surface area contributed by atoms with E-state index in [2.05, 4.69) is 17.3 Å². The molecular weight excluding hydrogens is 362 g/mol. The number of carbonyl (C=O) groups is 1. The second-order valence-electron chi connectivity index (χ2n) is 9.78. The monoisotopic (exact) mass is 393 g/mol. The van der Waals surface area contributed by atoms with Crippen molar-refractivity contribution in [2.24, 2.45) is 17.8 Å². The van der Waals surface area contributed by atoms with Gasteiger partial charge in [0, 0.05) is 17.5 Å². The van der Waals surface area contributed by atoms with Gasteiger partial charge in [-0.1, -0.05) is 38.0 Å². The standard InChI is InChI=1S/C24H31N3O2/c1-2-3-6-9-27-23(29)20-8-5-4-7-19(20)21(26-27)22(28)25-24-13-16-10-17(14-24)12-18(11-16)15-24/h4-5,7-8,16-18H,2-3,6,9-15H2,1H3,(H,25,28). The number of aromatic nitrogens is 2. The number of benzene rings is 1. The highest BCUT2D eigenvalue weighted by atomic mass is 16.2. The Bertz CT molecular complexity index is 958. The molecule has 1 amide bonds. The van der Waals surface area contributed by atoms with E-state index in [4.69, 9.17) is 0 Å². The van der Waals surface area contributed by atoms with Crippen molar-refractivity contribution >= 4 is 16.7 Å². The zero-order valence-corrected chi connectivity index (χ0v) is 17.3. The molecule has 2 aromatic rings. The van der Waals surface area contributed by atoms with E-state index < -0.39 is 0 Å². The largest absolute Gasteiger partial charge is 0.345 e. The third-order valence-corrected chi connectivity index (χ3v) is 7.47. The summed E-state index contributed by atoms with van der Waals surface area (Å²) in [6, 6.07) is 7.42. The van der Waals surface area contributed by atoms with E-state index >= 15 is 0 Å². The Balaban J connectivity index is 1.48. The van der Waals surface area contributed by atoms with Crippen LogP contribution in [0.15, 0.2) is 29.1 Å². The normalized spacial score (nSPS) is 30.0. The molecule has 0 atom stereocenters. The maximum absolute atomic E-state index is 13.4. The third-order valence-electron chi connectivity index (χ3n) is 7.47. The lowest BCUT2D eigenvalue weighted by atomic mass is 9.53. The minimum absolute atomic E-state index is 0.0577. The van der Waals surface area contributed by atoms with E-state index in [9.17, 15) is 9.59 Å². The zero-order chi connectivity index (χ0) is 20.0. The average Bonchev–Trinajstić information content (AvgIpc) is 2.68. The lowest BCUT2D eigenvalue weighted by molar-refractivity contribution is -0.0167. The van der Waals surface area contributed by atoms with E-state index in [0.29, 0.717) is 23.0 Å². The Labute approximate surface area is 171 Å². The summed E-state index contributed by atoms with van der Waals surface area (Å²) in [4.78, 5) is 26.3. The molecule has 4 aliphatic rings. The number of amides is 1. The van der Waals surface area contributed by atoms with Crippen LogP contribution in [0, 0.1) is 17.8 Å². The summed E-state index contributed by atoms with van der Waals surface area (Å²) in [6.07, 6.45) is 10.4. The quantitative estimate of drug-likeness (QED) is 0.745. The van der Waals surface area contributed by atoms with Gasteiger partial charge in [-0.2, -0.15) is 5.10 Å². The third kappa shape index (κ3) is 3.38. The first-order valence-electron chi connectivity index (χ1n) is 11.4. The smallest absolute Gasteiger partial charge is 0.274 e. The molecule has 1 N–H and O–H groups in total. The van der Waals surface area contributed by atoms with Crippen molar-refractivity contribution < 1.29 is 4.79 Å². The molecule has 4 saturated carbocycles. The second kappa shape index (κ2) is 7.26. The van der Waals surface area contributed by atoms with Crippen LogP contribution in [0.2, 0.25) is 0 Å². The van der Waals surface area contributed by atoms with Crippen LogP contribution in [-0.2, 0) is 6.54 Å². The van der Waals surface area contributed by atoms with Crippen molar-refractivity contribution in [1.82, 2.24) is 15.1 Å². The molecule has 0 saturated heterocycles. The first-order chi connectivity index (χ1) is 14.1. The highest BCUT2D eigenvalue weighted by molar-refractivity contribution is 6.05. The molecule has 0 radical (unpaired) electrons. The molecule has 5 nitrogen and oxygen atoms in total. The number of nitrogens with one attached hydrogen (secondary N) is 1. The molecule has 0 spiro atoms.